The van der Waals surface area contributed by atoms with Crippen LogP contribution in [-0.2, 0) is 21.4 Å². The maximum Gasteiger partial charge on any atom is 0.325 e. The Morgan fingerprint density at radius 1 is 1.36 bits per heavy atom. The number of nitrogens with one attached hydrogen (secondary N) is 1. The van der Waals surface area contributed by atoms with E-state index in [1.54, 1.807) is 0 Å². The number of hydrogen-bond donors (Lipinski definition) is 2. The SMILES string of the molecule is O=C(O)Cn1cc(NS(=O)(=O)c2ccc([N+](=O)[O-])cc2)nn1. The number of non-ortho nitro benzene ring substituents is 1. The Morgan fingerprint density at radius 3 is 2.55 bits per heavy atom. The van der Waals surface area contributed by atoms with Crippen LogP contribution in [0.15, 0.2) is 35.4 Å². The van der Waals surface area contributed by atoms with Crippen molar-refractivity contribution in [3.05, 3.63) is 40.6 Å². The summed E-state index contributed by atoms with van der Waals surface area (Å²) < 4.78 is 27.1. The summed E-state index contributed by atoms with van der Waals surface area (Å²) in [6.45, 7) is -0.466. The van der Waals surface area contributed by atoms with E-state index in [2.05, 4.69) is 15.0 Å². The molecule has 0 unspecified atom stereocenters. The summed E-state index contributed by atoms with van der Waals surface area (Å²) in [7, 11) is -4.01. The molecule has 0 fully saturated rings. The fraction of sp³-hybridized carbons (Fsp3) is 0.100. The lowest BCUT2D eigenvalue weighted by atomic mass is 10.3. The molecule has 0 radical (unpaired) electrons. The van der Waals surface area contributed by atoms with Gasteiger partial charge in [-0.05, 0) is 12.1 Å². The molecule has 116 valence electrons. The highest BCUT2D eigenvalue weighted by atomic mass is 32.2. The molecule has 2 N–H and O–H groups in total. The van der Waals surface area contributed by atoms with Crippen LogP contribution in [0.3, 0.4) is 0 Å². The molecule has 0 saturated heterocycles. The quantitative estimate of drug-likeness (QED) is 0.557. The molecule has 11 nitrogen and oxygen atoms in total. The minimum absolute atomic E-state index is 0.167. The highest BCUT2D eigenvalue weighted by molar-refractivity contribution is 7.92. The molecule has 1 aromatic heterocycles. The minimum Gasteiger partial charge on any atom is -0.480 e. The molecule has 2 aromatic rings. The number of rotatable bonds is 6. The first-order valence-electron chi connectivity index (χ1n) is 5.67. The largest absolute Gasteiger partial charge is 0.480 e. The molecule has 12 heteroatoms. The van der Waals surface area contributed by atoms with Crippen molar-refractivity contribution in [3.63, 3.8) is 0 Å². The molecule has 0 atom stereocenters. The lowest BCUT2D eigenvalue weighted by molar-refractivity contribution is -0.384. The summed E-state index contributed by atoms with van der Waals surface area (Å²) in [5, 5.41) is 26.0. The summed E-state index contributed by atoms with van der Waals surface area (Å²) in [6.07, 6.45) is 1.11. The Labute approximate surface area is 123 Å². The molecule has 0 aliphatic heterocycles. The Kier molecular flexibility index (Phi) is 4.03. The highest BCUT2D eigenvalue weighted by Crippen LogP contribution is 2.18. The smallest absolute Gasteiger partial charge is 0.325 e. The van der Waals surface area contributed by atoms with Crippen LogP contribution >= 0.6 is 0 Å². The second kappa shape index (κ2) is 5.77. The normalized spacial score (nSPS) is 11.1. The van der Waals surface area contributed by atoms with Crippen molar-refractivity contribution >= 4 is 27.5 Å². The van der Waals surface area contributed by atoms with Gasteiger partial charge in [-0.1, -0.05) is 5.21 Å². The lowest BCUT2D eigenvalue weighted by Gasteiger charge is -2.04. The maximum absolute atomic E-state index is 12.0. The van der Waals surface area contributed by atoms with Crippen LogP contribution in [0.5, 0.6) is 0 Å². The molecule has 0 saturated carbocycles. The standard InChI is InChI=1S/C10H9N5O6S/c16-10(17)6-14-5-9(11-13-14)12-22(20,21)8-3-1-7(2-4-8)15(18)19/h1-5,12H,6H2,(H,16,17). The zero-order valence-corrected chi connectivity index (χ0v) is 11.6. The van der Waals surface area contributed by atoms with Crippen molar-refractivity contribution in [1.82, 2.24) is 15.0 Å². The molecule has 1 heterocycles. The van der Waals surface area contributed by atoms with Gasteiger partial charge in [-0.15, -0.1) is 5.10 Å². The van der Waals surface area contributed by atoms with Gasteiger partial charge in [0.25, 0.3) is 15.7 Å². The minimum atomic E-state index is -4.01. The highest BCUT2D eigenvalue weighted by Gasteiger charge is 2.17. The van der Waals surface area contributed by atoms with Crippen molar-refractivity contribution in [2.75, 3.05) is 4.72 Å². The molecular formula is C10H9N5O6S. The van der Waals surface area contributed by atoms with Crippen LogP contribution in [0.2, 0.25) is 0 Å². The van der Waals surface area contributed by atoms with Crippen LogP contribution < -0.4 is 4.72 Å². The Morgan fingerprint density at radius 2 is 2.00 bits per heavy atom. The fourth-order valence-electron chi connectivity index (χ4n) is 1.50. The molecular weight excluding hydrogens is 318 g/mol. The van der Waals surface area contributed by atoms with E-state index >= 15 is 0 Å². The number of nitrogens with zero attached hydrogens (tertiary/aromatic N) is 4. The number of sulfonamides is 1. The zero-order chi connectivity index (χ0) is 16.3. The third kappa shape index (κ3) is 3.54. The third-order valence-corrected chi connectivity index (χ3v) is 3.80. The van der Waals surface area contributed by atoms with Gasteiger partial charge in [0, 0.05) is 12.1 Å². The van der Waals surface area contributed by atoms with Gasteiger partial charge in [0.1, 0.15) is 6.54 Å². The van der Waals surface area contributed by atoms with Crippen LogP contribution in [-0.4, -0.2) is 39.4 Å². The van der Waals surface area contributed by atoms with E-state index in [4.69, 9.17) is 5.11 Å². The molecule has 22 heavy (non-hydrogen) atoms. The van der Waals surface area contributed by atoms with Crippen LogP contribution in [0.25, 0.3) is 0 Å². The predicted molar refractivity (Wildman–Crippen MR) is 71.6 cm³/mol. The van der Waals surface area contributed by atoms with Gasteiger partial charge < -0.3 is 5.11 Å². The Hall–Kier alpha value is -3.02. The van der Waals surface area contributed by atoms with Crippen LogP contribution in [0.4, 0.5) is 11.5 Å². The van der Waals surface area contributed by atoms with Gasteiger partial charge in [0.2, 0.25) is 0 Å². The number of nitro groups is 1. The first-order chi connectivity index (χ1) is 10.3. The van der Waals surface area contributed by atoms with E-state index in [0.717, 1.165) is 35.1 Å². The van der Waals surface area contributed by atoms with Crippen LogP contribution in [0.1, 0.15) is 0 Å². The topological polar surface area (TPSA) is 157 Å². The van der Waals surface area contributed by atoms with E-state index in [1.165, 1.54) is 0 Å². The molecule has 0 spiro atoms. The molecule has 1 aromatic carbocycles. The number of carboxylic acid groups (broad SMARTS) is 1. The molecule has 2 rings (SSSR count). The Balaban J connectivity index is 2.18. The molecule has 0 amide bonds. The molecule has 0 aliphatic carbocycles. The third-order valence-electron chi connectivity index (χ3n) is 2.43. The summed E-state index contributed by atoms with van der Waals surface area (Å²) in [5.41, 5.74) is -0.244. The van der Waals surface area contributed by atoms with Gasteiger partial charge in [-0.3, -0.25) is 19.6 Å². The van der Waals surface area contributed by atoms with E-state index < -0.39 is 27.5 Å². The number of benzene rings is 1. The van der Waals surface area contributed by atoms with E-state index in [-0.39, 0.29) is 16.4 Å². The summed E-state index contributed by atoms with van der Waals surface area (Å²) in [5.74, 6) is -1.32. The number of anilines is 1. The second-order valence-electron chi connectivity index (χ2n) is 4.05. The average Bonchev–Trinajstić information content (AvgIpc) is 2.84. The van der Waals surface area contributed by atoms with Crippen molar-refractivity contribution < 1.29 is 23.2 Å². The monoisotopic (exact) mass is 327 g/mol. The summed E-state index contributed by atoms with van der Waals surface area (Å²) in [4.78, 5) is 20.2. The van der Waals surface area contributed by atoms with Gasteiger partial charge in [0.05, 0.1) is 16.0 Å². The van der Waals surface area contributed by atoms with Crippen molar-refractivity contribution in [1.29, 1.82) is 0 Å². The summed E-state index contributed by atoms with van der Waals surface area (Å²) in [6, 6.07) is 4.25. The van der Waals surface area contributed by atoms with Gasteiger partial charge in [-0.25, -0.2) is 13.1 Å². The number of aromatic nitrogens is 3. The second-order valence-corrected chi connectivity index (χ2v) is 5.73. The number of carboxylic acids is 1. The van der Waals surface area contributed by atoms with E-state index in [1.807, 2.05) is 0 Å². The maximum atomic E-state index is 12.0. The van der Waals surface area contributed by atoms with E-state index in [0.29, 0.717) is 0 Å². The van der Waals surface area contributed by atoms with Gasteiger partial charge >= 0.3 is 5.97 Å². The van der Waals surface area contributed by atoms with Gasteiger partial charge in [0.15, 0.2) is 5.82 Å². The van der Waals surface area contributed by atoms with Crippen LogP contribution in [0, 0.1) is 10.1 Å². The number of carbonyl (C=O) groups is 1. The van der Waals surface area contributed by atoms with Crippen molar-refractivity contribution in [2.24, 2.45) is 0 Å². The molecule has 0 bridgehead atoms. The number of nitro benzene ring substituents is 1. The van der Waals surface area contributed by atoms with Crippen molar-refractivity contribution in [2.45, 2.75) is 11.4 Å². The molecule has 0 aliphatic rings. The first kappa shape index (κ1) is 15.4. The Bertz CT molecular complexity index is 813. The first-order valence-corrected chi connectivity index (χ1v) is 7.15. The number of hydrogen-bond acceptors (Lipinski definition) is 7. The summed E-state index contributed by atoms with van der Waals surface area (Å²) >= 11 is 0. The number of aliphatic carboxylic acids is 1. The van der Waals surface area contributed by atoms with Crippen molar-refractivity contribution in [3.8, 4) is 0 Å². The predicted octanol–water partition coefficient (Wildman–Crippen LogP) is 0.0717. The lowest BCUT2D eigenvalue weighted by Crippen LogP contribution is -2.13. The zero-order valence-electron chi connectivity index (χ0n) is 10.8. The fourth-order valence-corrected chi connectivity index (χ4v) is 2.49. The van der Waals surface area contributed by atoms with Gasteiger partial charge in [-0.2, -0.15) is 0 Å². The average molecular weight is 327 g/mol. The van der Waals surface area contributed by atoms with E-state index in [9.17, 15) is 23.3 Å².